The summed E-state index contributed by atoms with van der Waals surface area (Å²) in [5.41, 5.74) is 0.231. The second kappa shape index (κ2) is 6.96. The summed E-state index contributed by atoms with van der Waals surface area (Å²) in [6.07, 6.45) is 1.43. The van der Waals surface area contributed by atoms with E-state index >= 15 is 0 Å². The predicted octanol–water partition coefficient (Wildman–Crippen LogP) is 2.06. The number of hydrogen-bond donors (Lipinski definition) is 0. The maximum atomic E-state index is 13.9. The van der Waals surface area contributed by atoms with Gasteiger partial charge in [0, 0.05) is 5.56 Å². The van der Waals surface area contributed by atoms with Gasteiger partial charge in [0.2, 0.25) is 0 Å². The lowest BCUT2D eigenvalue weighted by Crippen LogP contribution is -2.30. The van der Waals surface area contributed by atoms with Crippen LogP contribution in [0.3, 0.4) is 0 Å². The molecule has 1 heterocycles. The molecule has 0 N–H and O–H groups in total. The van der Waals surface area contributed by atoms with Gasteiger partial charge in [0.05, 0.1) is 10.2 Å². The first-order chi connectivity index (χ1) is 12.2. The van der Waals surface area contributed by atoms with Crippen molar-refractivity contribution in [3.63, 3.8) is 0 Å². The van der Waals surface area contributed by atoms with Crippen LogP contribution in [-0.4, -0.2) is 4.57 Å². The Hall–Kier alpha value is -3.48. The topological polar surface area (TPSA) is 69.6 Å². The van der Waals surface area contributed by atoms with E-state index in [0.29, 0.717) is 5.69 Å². The highest BCUT2D eigenvalue weighted by Gasteiger charge is 2.11. The van der Waals surface area contributed by atoms with Gasteiger partial charge in [0.15, 0.2) is 5.57 Å². The zero-order chi connectivity index (χ0) is 17.8. The second-order valence-corrected chi connectivity index (χ2v) is 6.04. The van der Waals surface area contributed by atoms with E-state index in [2.05, 4.69) is 0 Å². The van der Waals surface area contributed by atoms with Gasteiger partial charge < -0.3 is 0 Å². The molecule has 2 aromatic carbocycles. The summed E-state index contributed by atoms with van der Waals surface area (Å²) in [5, 5.41) is 18.4. The Morgan fingerprint density at radius 2 is 1.68 bits per heavy atom. The zero-order valence-corrected chi connectivity index (χ0v) is 13.6. The van der Waals surface area contributed by atoms with E-state index in [1.165, 1.54) is 16.7 Å². The first-order valence-electron chi connectivity index (χ1n) is 7.23. The summed E-state index contributed by atoms with van der Waals surface area (Å²) >= 11 is 0.988. The highest BCUT2D eigenvalue weighted by molar-refractivity contribution is 7.07. The zero-order valence-electron chi connectivity index (χ0n) is 12.8. The molecule has 0 saturated carbocycles. The van der Waals surface area contributed by atoms with Crippen LogP contribution in [0, 0.1) is 28.5 Å². The monoisotopic (exact) mass is 347 g/mol. The number of rotatable bonds is 2. The summed E-state index contributed by atoms with van der Waals surface area (Å²) in [7, 11) is 0. The minimum Gasteiger partial charge on any atom is -0.267 e. The number of halogens is 1. The van der Waals surface area contributed by atoms with Crippen LogP contribution in [0.15, 0.2) is 59.4 Å². The van der Waals surface area contributed by atoms with Gasteiger partial charge in [-0.15, -0.1) is 11.3 Å². The van der Waals surface area contributed by atoms with Crippen LogP contribution in [0.5, 0.6) is 0 Å². The Bertz CT molecular complexity index is 1180. The van der Waals surface area contributed by atoms with Crippen LogP contribution in [0.2, 0.25) is 0 Å². The second-order valence-electron chi connectivity index (χ2n) is 5.01. The molecule has 6 heteroatoms. The van der Waals surface area contributed by atoms with Crippen molar-refractivity contribution in [2.45, 2.75) is 0 Å². The molecule has 0 unspecified atom stereocenters. The average molecular weight is 347 g/mol. The van der Waals surface area contributed by atoms with Crippen molar-refractivity contribution in [1.29, 1.82) is 10.5 Å². The number of thiazole rings is 1. The van der Waals surface area contributed by atoms with Gasteiger partial charge in [0.25, 0.3) is 5.56 Å². The summed E-state index contributed by atoms with van der Waals surface area (Å²) in [6, 6.07) is 18.4. The molecular formula is C19H10FN3OS. The number of nitrogens with zero attached hydrogens (tertiary/aromatic N) is 3. The maximum absolute atomic E-state index is 13.9. The molecule has 25 heavy (non-hydrogen) atoms. The van der Waals surface area contributed by atoms with E-state index in [-0.39, 0.29) is 20.3 Å². The lowest BCUT2D eigenvalue weighted by atomic mass is 10.2. The van der Waals surface area contributed by atoms with Gasteiger partial charge in [-0.2, -0.15) is 10.5 Å². The van der Waals surface area contributed by atoms with Gasteiger partial charge in [-0.25, -0.2) is 4.39 Å². The summed E-state index contributed by atoms with van der Waals surface area (Å²) < 4.78 is 15.7. The number of para-hydroxylation sites is 1. The molecular weight excluding hydrogens is 337 g/mol. The van der Waals surface area contributed by atoms with Crippen molar-refractivity contribution in [2.75, 3.05) is 0 Å². The number of aromatic nitrogens is 1. The van der Waals surface area contributed by atoms with E-state index < -0.39 is 11.4 Å². The molecule has 0 saturated heterocycles. The van der Waals surface area contributed by atoms with Crippen molar-refractivity contribution in [1.82, 2.24) is 4.57 Å². The first-order valence-corrected chi connectivity index (χ1v) is 8.05. The van der Waals surface area contributed by atoms with Gasteiger partial charge in [0.1, 0.15) is 22.6 Å². The van der Waals surface area contributed by atoms with Crippen LogP contribution in [0.4, 0.5) is 4.39 Å². The summed E-state index contributed by atoms with van der Waals surface area (Å²) in [4.78, 5) is 12.8. The standard InChI is InChI=1S/C19H10FN3OS/c20-16-9-5-4-6-13(16)10-17-18(24)23(15-7-2-1-3-8-15)19(25-17)14(11-21)12-22/h1-10H/b17-10-. The third-order valence-electron chi connectivity index (χ3n) is 3.47. The van der Waals surface area contributed by atoms with Gasteiger partial charge in [-0.1, -0.05) is 36.4 Å². The molecule has 3 rings (SSSR count). The molecule has 0 amide bonds. The molecule has 0 aliphatic heterocycles. The molecule has 1 aromatic heterocycles. The van der Waals surface area contributed by atoms with Crippen LogP contribution in [-0.2, 0) is 0 Å². The van der Waals surface area contributed by atoms with Crippen molar-refractivity contribution in [3.05, 3.63) is 85.5 Å². The first kappa shape index (κ1) is 16.4. The smallest absolute Gasteiger partial charge is 0.267 e. The minimum absolute atomic E-state index is 0.167. The summed E-state index contributed by atoms with van der Waals surface area (Å²) in [5.74, 6) is -0.451. The highest BCUT2D eigenvalue weighted by Crippen LogP contribution is 2.07. The third-order valence-corrected chi connectivity index (χ3v) is 4.56. The van der Waals surface area contributed by atoms with E-state index in [1.54, 1.807) is 48.5 Å². The molecule has 0 radical (unpaired) electrons. The predicted molar refractivity (Wildman–Crippen MR) is 93.8 cm³/mol. The lowest BCUT2D eigenvalue weighted by molar-refractivity contribution is 0.625. The largest absolute Gasteiger partial charge is 0.273 e. The summed E-state index contributed by atoms with van der Waals surface area (Å²) in [6.45, 7) is 0. The molecule has 3 aromatic rings. The molecule has 0 spiro atoms. The minimum atomic E-state index is -0.451. The average Bonchev–Trinajstić information content (AvgIpc) is 2.95. The Labute approximate surface area is 146 Å². The van der Waals surface area contributed by atoms with Crippen LogP contribution in [0.25, 0.3) is 17.3 Å². The molecule has 4 nitrogen and oxygen atoms in total. The fourth-order valence-corrected chi connectivity index (χ4v) is 3.36. The number of benzene rings is 2. The number of nitriles is 2. The maximum Gasteiger partial charge on any atom is 0.273 e. The van der Waals surface area contributed by atoms with Crippen LogP contribution >= 0.6 is 11.3 Å². The Balaban J connectivity index is 2.42. The van der Waals surface area contributed by atoms with Gasteiger partial charge >= 0.3 is 0 Å². The van der Waals surface area contributed by atoms with E-state index in [4.69, 9.17) is 0 Å². The van der Waals surface area contributed by atoms with Crippen molar-refractivity contribution in [2.24, 2.45) is 0 Å². The molecule has 120 valence electrons. The van der Waals surface area contributed by atoms with E-state index in [1.807, 2.05) is 12.1 Å². The molecule has 0 aliphatic rings. The molecule has 0 aliphatic carbocycles. The molecule has 0 fully saturated rings. The molecule has 0 bridgehead atoms. The molecule has 0 atom stereocenters. The SMILES string of the molecule is N#CC(C#N)=c1s/c(=C\c2ccccc2F)c(=O)n1-c1ccccc1. The Morgan fingerprint density at radius 1 is 1.04 bits per heavy atom. The van der Waals surface area contributed by atoms with Gasteiger partial charge in [-0.3, -0.25) is 9.36 Å². The fraction of sp³-hybridized carbons (Fsp3) is 0. The van der Waals surface area contributed by atoms with E-state index in [0.717, 1.165) is 11.3 Å². The third kappa shape index (κ3) is 3.12. The quantitative estimate of drug-likeness (QED) is 0.712. The lowest BCUT2D eigenvalue weighted by Gasteiger charge is -2.00. The van der Waals surface area contributed by atoms with Crippen molar-refractivity contribution < 1.29 is 4.39 Å². The normalized spacial score (nSPS) is 10.9. The Morgan fingerprint density at radius 3 is 2.32 bits per heavy atom. The van der Waals surface area contributed by atoms with Crippen LogP contribution in [0.1, 0.15) is 5.56 Å². The fourth-order valence-electron chi connectivity index (χ4n) is 2.32. The number of hydrogen-bond acceptors (Lipinski definition) is 4. The highest BCUT2D eigenvalue weighted by atomic mass is 32.1. The van der Waals surface area contributed by atoms with Crippen LogP contribution < -0.4 is 14.8 Å². The van der Waals surface area contributed by atoms with Crippen molar-refractivity contribution >= 4 is 23.0 Å². The van der Waals surface area contributed by atoms with Gasteiger partial charge in [-0.05, 0) is 24.3 Å². The Kier molecular flexibility index (Phi) is 4.56. The van der Waals surface area contributed by atoms with E-state index in [9.17, 15) is 19.7 Å². The van der Waals surface area contributed by atoms with Crippen molar-refractivity contribution in [3.8, 4) is 17.8 Å².